The summed E-state index contributed by atoms with van der Waals surface area (Å²) < 4.78 is 11.7. The second kappa shape index (κ2) is 7.60. The lowest BCUT2D eigenvalue weighted by molar-refractivity contribution is 0.0441. The normalized spacial score (nSPS) is 23.6. The second-order valence-corrected chi connectivity index (χ2v) is 8.75. The summed E-state index contributed by atoms with van der Waals surface area (Å²) in [5.74, 6) is 0.987. The predicted octanol–water partition coefficient (Wildman–Crippen LogP) is 4.55. The first-order chi connectivity index (χ1) is 13.0. The third-order valence-corrected chi connectivity index (χ3v) is 6.32. The van der Waals surface area contributed by atoms with E-state index < -0.39 is 0 Å². The summed E-state index contributed by atoms with van der Waals surface area (Å²) in [5.41, 5.74) is 0.966. The lowest BCUT2D eigenvalue weighted by Gasteiger charge is -2.25. The number of amides is 1. The van der Waals surface area contributed by atoms with Crippen molar-refractivity contribution >= 4 is 17.9 Å². The zero-order chi connectivity index (χ0) is 18.9. The molecule has 1 aromatic heterocycles. The highest BCUT2D eigenvalue weighted by atomic mass is 32.2. The first-order valence-electron chi connectivity index (χ1n) is 9.51. The molecular weight excluding hydrogens is 360 g/mol. The number of furan rings is 1. The molecule has 1 amide bonds. The van der Waals surface area contributed by atoms with Crippen LogP contribution in [0.25, 0.3) is 0 Å². The van der Waals surface area contributed by atoms with Crippen molar-refractivity contribution in [3.05, 3.63) is 47.7 Å². The highest BCUT2D eigenvalue weighted by Gasteiger charge is 2.44. The minimum atomic E-state index is -0.295. The van der Waals surface area contributed by atoms with E-state index in [9.17, 15) is 4.79 Å². The van der Waals surface area contributed by atoms with E-state index in [0.29, 0.717) is 6.54 Å². The fourth-order valence-corrected chi connectivity index (χ4v) is 4.66. The van der Waals surface area contributed by atoms with Gasteiger partial charge in [-0.15, -0.1) is 0 Å². The Kier molecular flexibility index (Phi) is 5.19. The maximum atomic E-state index is 11.8. The Morgan fingerprint density at radius 3 is 2.67 bits per heavy atom. The van der Waals surface area contributed by atoms with Crippen LogP contribution < -0.4 is 0 Å². The molecule has 0 radical (unpaired) electrons. The number of hydrogen-bond acceptors (Lipinski definition) is 5. The Hall–Kier alpha value is -1.92. The first-order valence-corrected chi connectivity index (χ1v) is 10.3. The van der Waals surface area contributed by atoms with Gasteiger partial charge in [-0.1, -0.05) is 29.5 Å². The Labute approximate surface area is 164 Å². The average molecular weight is 387 g/mol. The molecule has 3 heterocycles. The molecule has 0 bridgehead atoms. The molecule has 4 rings (SSSR count). The third kappa shape index (κ3) is 4.33. The molecule has 27 heavy (non-hydrogen) atoms. The van der Waals surface area contributed by atoms with Crippen LogP contribution in [0.15, 0.2) is 50.8 Å². The number of carbonyl (C=O) groups excluding carboxylic acids is 1. The molecule has 2 saturated heterocycles. The highest BCUT2D eigenvalue weighted by molar-refractivity contribution is 7.99. The summed E-state index contributed by atoms with van der Waals surface area (Å²) in [6, 6.07) is 12.6. The number of rotatable bonds is 4. The lowest BCUT2D eigenvalue weighted by Crippen LogP contribution is -2.35. The fourth-order valence-electron chi connectivity index (χ4n) is 3.87. The number of ether oxygens (including phenoxy) is 1. The van der Waals surface area contributed by atoms with E-state index in [-0.39, 0.29) is 11.7 Å². The van der Waals surface area contributed by atoms with Crippen molar-refractivity contribution in [3.8, 4) is 0 Å². The third-order valence-electron chi connectivity index (χ3n) is 5.39. The molecule has 2 aromatic rings. The van der Waals surface area contributed by atoms with E-state index in [2.05, 4.69) is 42.2 Å². The number of carbonyl (C=O) groups is 1. The summed E-state index contributed by atoms with van der Waals surface area (Å²) in [6.45, 7) is 5.52. The van der Waals surface area contributed by atoms with Crippen LogP contribution >= 0.6 is 11.8 Å². The van der Waals surface area contributed by atoms with E-state index in [4.69, 9.17) is 9.15 Å². The van der Waals surface area contributed by atoms with E-state index in [1.54, 1.807) is 16.7 Å². The van der Waals surface area contributed by atoms with E-state index >= 15 is 0 Å². The van der Waals surface area contributed by atoms with Crippen LogP contribution in [0.2, 0.25) is 0 Å². The van der Waals surface area contributed by atoms with Crippen molar-refractivity contribution in [1.29, 1.82) is 0 Å². The van der Waals surface area contributed by atoms with Crippen LogP contribution in [0, 0.1) is 6.92 Å². The minimum absolute atomic E-state index is 0.188. The van der Waals surface area contributed by atoms with Crippen molar-refractivity contribution in [3.63, 3.8) is 0 Å². The Morgan fingerprint density at radius 2 is 1.93 bits per heavy atom. The van der Waals surface area contributed by atoms with Crippen LogP contribution in [-0.4, -0.2) is 48.2 Å². The summed E-state index contributed by atoms with van der Waals surface area (Å²) in [6.07, 6.45) is 2.67. The van der Waals surface area contributed by atoms with Crippen LogP contribution in [0.4, 0.5) is 4.79 Å². The van der Waals surface area contributed by atoms with Gasteiger partial charge in [-0.25, -0.2) is 4.79 Å². The molecule has 1 atom stereocenters. The monoisotopic (exact) mass is 386 g/mol. The van der Waals surface area contributed by atoms with Crippen molar-refractivity contribution in [1.82, 2.24) is 9.80 Å². The zero-order valence-corrected chi connectivity index (χ0v) is 16.8. The van der Waals surface area contributed by atoms with Gasteiger partial charge in [-0.05, 0) is 50.6 Å². The number of hydrogen-bond donors (Lipinski definition) is 0. The van der Waals surface area contributed by atoms with Gasteiger partial charge in [0, 0.05) is 24.9 Å². The van der Waals surface area contributed by atoms with Gasteiger partial charge >= 0.3 is 6.09 Å². The minimum Gasteiger partial charge on any atom is -0.453 e. The average Bonchev–Trinajstić information content (AvgIpc) is 3.12. The topological polar surface area (TPSA) is 45.9 Å². The van der Waals surface area contributed by atoms with Crippen LogP contribution in [-0.2, 0) is 11.3 Å². The molecule has 6 heteroatoms. The van der Waals surface area contributed by atoms with Gasteiger partial charge in [0.1, 0.15) is 11.4 Å². The summed E-state index contributed by atoms with van der Waals surface area (Å²) >= 11 is 1.65. The predicted molar refractivity (Wildman–Crippen MR) is 105 cm³/mol. The van der Waals surface area contributed by atoms with Crippen LogP contribution in [0.5, 0.6) is 0 Å². The zero-order valence-electron chi connectivity index (χ0n) is 15.9. The van der Waals surface area contributed by atoms with Crippen molar-refractivity contribution < 1.29 is 13.9 Å². The van der Waals surface area contributed by atoms with Crippen LogP contribution in [0.3, 0.4) is 0 Å². The number of nitrogens with zero attached hydrogens (tertiary/aromatic N) is 2. The van der Waals surface area contributed by atoms with Crippen molar-refractivity contribution in [2.75, 3.05) is 26.7 Å². The smallest absolute Gasteiger partial charge is 0.410 e. The molecule has 144 valence electrons. The fraction of sp³-hybridized carbons (Fsp3) is 0.476. The SMILES string of the molecule is Cc1ccc(Sc2ccc(CN3CCC[C@]4(CC3)CN(C)C(=O)O4)o2)cc1. The molecule has 0 saturated carbocycles. The van der Waals surface area contributed by atoms with E-state index in [1.807, 2.05) is 13.1 Å². The molecular formula is C21H26N2O3S. The molecule has 0 N–H and O–H groups in total. The maximum Gasteiger partial charge on any atom is 0.410 e. The number of aryl methyl sites for hydroxylation is 1. The van der Waals surface area contributed by atoms with E-state index in [0.717, 1.165) is 49.7 Å². The van der Waals surface area contributed by atoms with Crippen molar-refractivity contribution in [2.24, 2.45) is 0 Å². The molecule has 0 aliphatic carbocycles. The molecule has 1 spiro atoms. The Morgan fingerprint density at radius 1 is 1.11 bits per heavy atom. The van der Waals surface area contributed by atoms with Gasteiger partial charge < -0.3 is 14.1 Å². The van der Waals surface area contributed by atoms with Gasteiger partial charge in [-0.2, -0.15) is 0 Å². The molecule has 2 aliphatic heterocycles. The van der Waals surface area contributed by atoms with Crippen LogP contribution in [0.1, 0.15) is 30.6 Å². The van der Waals surface area contributed by atoms with Crippen molar-refractivity contribution in [2.45, 2.75) is 48.3 Å². The quantitative estimate of drug-likeness (QED) is 0.772. The summed E-state index contributed by atoms with van der Waals surface area (Å²) in [4.78, 5) is 17.1. The van der Waals surface area contributed by atoms with Gasteiger partial charge in [-0.3, -0.25) is 4.90 Å². The molecule has 2 aliphatic rings. The molecule has 2 fully saturated rings. The number of likely N-dealkylation sites (N-methyl/N-ethyl adjacent to an activating group) is 1. The van der Waals surface area contributed by atoms with Gasteiger partial charge in [0.15, 0.2) is 5.09 Å². The maximum absolute atomic E-state index is 11.8. The Balaban J connectivity index is 1.34. The lowest BCUT2D eigenvalue weighted by atomic mass is 9.95. The number of likely N-dealkylation sites (tertiary alicyclic amines) is 1. The largest absolute Gasteiger partial charge is 0.453 e. The van der Waals surface area contributed by atoms with Gasteiger partial charge in [0.2, 0.25) is 0 Å². The highest BCUT2D eigenvalue weighted by Crippen LogP contribution is 2.34. The summed E-state index contributed by atoms with van der Waals surface area (Å²) in [7, 11) is 1.82. The van der Waals surface area contributed by atoms with E-state index in [1.165, 1.54) is 10.5 Å². The first kappa shape index (κ1) is 18.4. The second-order valence-electron chi connectivity index (χ2n) is 7.67. The molecule has 5 nitrogen and oxygen atoms in total. The standard InChI is InChI=1S/C21H26N2O3S/c1-16-4-7-18(8-5-16)27-19-9-6-17(25-19)14-23-12-3-10-21(11-13-23)15-22(2)20(24)26-21/h4-9H,3,10-15H2,1-2H3/t21-/m0/s1. The molecule has 0 unspecified atom stereocenters. The number of benzene rings is 1. The summed E-state index contributed by atoms with van der Waals surface area (Å²) in [5, 5.41) is 0.923. The van der Waals surface area contributed by atoms with Gasteiger partial charge in [0.05, 0.1) is 13.1 Å². The Bertz CT molecular complexity index is 804. The van der Waals surface area contributed by atoms with Gasteiger partial charge in [0.25, 0.3) is 0 Å². The molecule has 1 aromatic carbocycles.